The summed E-state index contributed by atoms with van der Waals surface area (Å²) in [6.07, 6.45) is 11.2. The van der Waals surface area contributed by atoms with Crippen LogP contribution >= 0.6 is 0 Å². The number of nitrogens with zero attached hydrogens (tertiary/aromatic N) is 1. The molecule has 1 saturated carbocycles. The molecule has 30 heavy (non-hydrogen) atoms. The number of aryl methyl sites for hydroxylation is 1. The number of nitrogens with one attached hydrogen (secondary N) is 1. The topological polar surface area (TPSA) is 32.3 Å². The number of rotatable bonds is 3. The van der Waals surface area contributed by atoms with Gasteiger partial charge in [0.2, 0.25) is 5.91 Å². The van der Waals surface area contributed by atoms with Gasteiger partial charge in [0, 0.05) is 23.2 Å². The molecule has 1 N–H and O–H groups in total. The average Bonchev–Trinajstić information content (AvgIpc) is 2.75. The van der Waals surface area contributed by atoms with Crippen LogP contribution in [0.5, 0.6) is 0 Å². The number of likely N-dealkylation sites (tertiary alicyclic amines) is 1. The molecule has 0 aromatic heterocycles. The van der Waals surface area contributed by atoms with Crippen LogP contribution in [-0.4, -0.2) is 30.4 Å². The first kappa shape index (κ1) is 19.6. The fourth-order valence-electron chi connectivity index (χ4n) is 6.47. The Morgan fingerprint density at radius 3 is 2.90 bits per heavy atom. The SMILES string of the molecule is Cc1cccc(C=CC(=O)Nc2cccc3c2C[C@@H]2[C@@H]4CCCC[C@]34CCN2C)c1. The Morgan fingerprint density at radius 2 is 2.03 bits per heavy atom. The molecule has 1 aliphatic heterocycles. The van der Waals surface area contributed by atoms with Gasteiger partial charge in [-0.1, -0.05) is 54.8 Å². The maximum Gasteiger partial charge on any atom is 0.248 e. The largest absolute Gasteiger partial charge is 0.322 e. The molecule has 1 saturated heterocycles. The highest BCUT2D eigenvalue weighted by molar-refractivity contribution is 6.02. The maximum absolute atomic E-state index is 12.7. The summed E-state index contributed by atoms with van der Waals surface area (Å²) in [4.78, 5) is 15.3. The van der Waals surface area contributed by atoms with E-state index in [9.17, 15) is 4.79 Å². The summed E-state index contributed by atoms with van der Waals surface area (Å²) < 4.78 is 0. The zero-order chi connectivity index (χ0) is 20.7. The van der Waals surface area contributed by atoms with Gasteiger partial charge < -0.3 is 10.2 Å². The average molecular weight is 401 g/mol. The normalized spacial score (nSPS) is 28.1. The smallest absolute Gasteiger partial charge is 0.248 e. The van der Waals surface area contributed by atoms with Crippen molar-refractivity contribution in [2.75, 3.05) is 18.9 Å². The summed E-state index contributed by atoms with van der Waals surface area (Å²) >= 11 is 0. The molecule has 0 spiro atoms. The fourth-order valence-corrected chi connectivity index (χ4v) is 6.47. The molecule has 1 amide bonds. The molecule has 2 aromatic rings. The summed E-state index contributed by atoms with van der Waals surface area (Å²) in [5.41, 5.74) is 6.49. The zero-order valence-electron chi connectivity index (χ0n) is 18.2. The standard InChI is InChI=1S/C27H32N2O/c1-19-7-5-8-20(17-19)12-13-26(30)28-24-11-6-10-22-21(24)18-25-23-9-3-4-14-27(22,23)15-16-29(25)2/h5-8,10-13,17,23,25H,3-4,9,14-16,18H2,1-2H3,(H,28,30)/t23-,25+,27-/m0/s1. The molecule has 3 aliphatic rings. The van der Waals surface area contributed by atoms with Crippen molar-refractivity contribution in [3.63, 3.8) is 0 Å². The predicted molar refractivity (Wildman–Crippen MR) is 124 cm³/mol. The second-order valence-electron chi connectivity index (χ2n) is 9.58. The lowest BCUT2D eigenvalue weighted by atomic mass is 9.52. The van der Waals surface area contributed by atoms with Crippen LogP contribution < -0.4 is 5.32 Å². The number of amides is 1. The highest BCUT2D eigenvalue weighted by Crippen LogP contribution is 2.56. The molecule has 3 atom stereocenters. The highest BCUT2D eigenvalue weighted by Gasteiger charge is 2.53. The molecule has 0 unspecified atom stereocenters. The van der Waals surface area contributed by atoms with E-state index in [1.807, 2.05) is 18.2 Å². The van der Waals surface area contributed by atoms with Crippen LogP contribution in [0.2, 0.25) is 0 Å². The van der Waals surface area contributed by atoms with Crippen LogP contribution in [-0.2, 0) is 16.6 Å². The number of hydrogen-bond acceptors (Lipinski definition) is 2. The quantitative estimate of drug-likeness (QED) is 0.706. The van der Waals surface area contributed by atoms with E-state index in [4.69, 9.17) is 0 Å². The first-order chi connectivity index (χ1) is 14.6. The molecule has 5 rings (SSSR count). The zero-order valence-corrected chi connectivity index (χ0v) is 18.2. The summed E-state index contributed by atoms with van der Waals surface area (Å²) in [5.74, 6) is 0.719. The van der Waals surface area contributed by atoms with E-state index in [1.54, 1.807) is 6.08 Å². The van der Waals surface area contributed by atoms with Crippen LogP contribution in [0.3, 0.4) is 0 Å². The fraction of sp³-hybridized carbons (Fsp3) is 0.444. The van der Waals surface area contributed by atoms with E-state index >= 15 is 0 Å². The van der Waals surface area contributed by atoms with Crippen molar-refractivity contribution in [2.24, 2.45) is 5.92 Å². The van der Waals surface area contributed by atoms with Crippen molar-refractivity contribution < 1.29 is 4.79 Å². The first-order valence-electron chi connectivity index (χ1n) is 11.5. The van der Waals surface area contributed by atoms with E-state index in [1.165, 1.54) is 55.3 Å². The Balaban J connectivity index is 1.44. The third-order valence-electron chi connectivity index (χ3n) is 7.89. The molecule has 2 aromatic carbocycles. The van der Waals surface area contributed by atoms with Crippen molar-refractivity contribution in [3.8, 4) is 0 Å². The van der Waals surface area contributed by atoms with E-state index in [-0.39, 0.29) is 5.91 Å². The van der Waals surface area contributed by atoms with Gasteiger partial charge in [-0.15, -0.1) is 0 Å². The van der Waals surface area contributed by atoms with Crippen LogP contribution in [0.1, 0.15) is 54.4 Å². The minimum absolute atomic E-state index is 0.0494. The summed E-state index contributed by atoms with van der Waals surface area (Å²) in [7, 11) is 2.29. The number of carbonyl (C=O) groups excluding carboxylic acids is 1. The Bertz CT molecular complexity index is 994. The number of likely N-dealkylation sites (N-methyl/N-ethyl adjacent to an activating group) is 1. The lowest BCUT2D eigenvalue weighted by molar-refractivity contribution is -0.111. The van der Waals surface area contributed by atoms with E-state index in [0.29, 0.717) is 11.5 Å². The van der Waals surface area contributed by atoms with E-state index < -0.39 is 0 Å². The predicted octanol–water partition coefficient (Wildman–Crippen LogP) is 5.34. The second-order valence-corrected chi connectivity index (χ2v) is 9.58. The Kier molecular flexibility index (Phi) is 5.02. The maximum atomic E-state index is 12.7. The van der Waals surface area contributed by atoms with Gasteiger partial charge in [-0.2, -0.15) is 0 Å². The third-order valence-corrected chi connectivity index (χ3v) is 7.89. The van der Waals surface area contributed by atoms with Gasteiger partial charge >= 0.3 is 0 Å². The minimum Gasteiger partial charge on any atom is -0.322 e. The van der Waals surface area contributed by atoms with Crippen LogP contribution in [0.15, 0.2) is 48.5 Å². The van der Waals surface area contributed by atoms with Crippen LogP contribution in [0.25, 0.3) is 6.08 Å². The number of anilines is 1. The second kappa shape index (κ2) is 7.70. The Morgan fingerprint density at radius 1 is 1.17 bits per heavy atom. The van der Waals surface area contributed by atoms with E-state index in [2.05, 4.69) is 54.5 Å². The van der Waals surface area contributed by atoms with Gasteiger partial charge in [-0.25, -0.2) is 0 Å². The number of hydrogen-bond donors (Lipinski definition) is 1. The van der Waals surface area contributed by atoms with Gasteiger partial charge in [0.15, 0.2) is 0 Å². The molecule has 2 bridgehead atoms. The molecule has 3 nitrogen and oxygen atoms in total. The summed E-state index contributed by atoms with van der Waals surface area (Å²) in [5, 5.41) is 3.21. The van der Waals surface area contributed by atoms with E-state index in [0.717, 1.165) is 23.6 Å². The summed E-state index contributed by atoms with van der Waals surface area (Å²) in [6, 6.07) is 15.4. The number of carbonyl (C=O) groups is 1. The molecule has 2 fully saturated rings. The molecule has 1 heterocycles. The van der Waals surface area contributed by atoms with Gasteiger partial charge in [0.1, 0.15) is 0 Å². The van der Waals surface area contributed by atoms with Crippen LogP contribution in [0.4, 0.5) is 5.69 Å². The van der Waals surface area contributed by atoms with Crippen molar-refractivity contribution in [3.05, 3.63) is 70.8 Å². The van der Waals surface area contributed by atoms with Crippen LogP contribution in [0, 0.1) is 12.8 Å². The lowest BCUT2D eigenvalue weighted by Crippen LogP contribution is -2.59. The minimum atomic E-state index is -0.0494. The molecule has 3 heteroatoms. The summed E-state index contributed by atoms with van der Waals surface area (Å²) in [6.45, 7) is 3.26. The van der Waals surface area contributed by atoms with Crippen molar-refractivity contribution in [2.45, 2.75) is 56.9 Å². The van der Waals surface area contributed by atoms with Gasteiger partial charge in [0.25, 0.3) is 0 Å². The lowest BCUT2D eigenvalue weighted by Gasteiger charge is -2.58. The monoisotopic (exact) mass is 400 g/mol. The number of piperidine rings is 1. The van der Waals surface area contributed by atoms with Gasteiger partial charge in [0.05, 0.1) is 0 Å². The molecular formula is C27H32N2O. The number of fused-ring (bicyclic) bond motifs is 1. The van der Waals surface area contributed by atoms with Gasteiger partial charge in [-0.3, -0.25) is 4.79 Å². The van der Waals surface area contributed by atoms with Crippen molar-refractivity contribution in [1.29, 1.82) is 0 Å². The Hall–Kier alpha value is -2.39. The third kappa shape index (κ3) is 3.30. The Labute approximate surface area is 180 Å². The number of benzene rings is 2. The molecule has 0 radical (unpaired) electrons. The van der Waals surface area contributed by atoms with Crippen molar-refractivity contribution >= 4 is 17.7 Å². The highest BCUT2D eigenvalue weighted by atomic mass is 16.1. The molecular weight excluding hydrogens is 368 g/mol. The molecule has 2 aliphatic carbocycles. The van der Waals surface area contributed by atoms with Gasteiger partial charge in [-0.05, 0) is 81.0 Å². The first-order valence-corrected chi connectivity index (χ1v) is 11.5. The molecule has 156 valence electrons. The van der Waals surface area contributed by atoms with Crippen molar-refractivity contribution in [1.82, 2.24) is 4.90 Å².